The minimum absolute atomic E-state index is 0.815. The Labute approximate surface area is 53.0 Å². The van der Waals surface area contributed by atoms with Crippen LogP contribution in [0.3, 0.4) is 0 Å². The van der Waals surface area contributed by atoms with Crippen LogP contribution < -0.4 is 0 Å². The molecular weight excluding hydrogens is 114 g/mol. The van der Waals surface area contributed by atoms with E-state index in [0.717, 1.165) is 22.4 Å². The van der Waals surface area contributed by atoms with Crippen LogP contribution in [0, 0.1) is 5.21 Å². The fourth-order valence-corrected chi connectivity index (χ4v) is 1.12. The van der Waals surface area contributed by atoms with Crippen molar-refractivity contribution in [3.8, 4) is 0 Å². The molecule has 0 fully saturated rings. The number of allylic oxidation sites excluding steroid dienone is 1. The summed E-state index contributed by atoms with van der Waals surface area (Å²) in [7, 11) is 0. The summed E-state index contributed by atoms with van der Waals surface area (Å²) in [5.41, 5.74) is 1.96. The molecule has 1 heterocycles. The molecular formula is C7H6NO-. The molecule has 0 amide bonds. The molecule has 2 rings (SSSR count). The maximum absolute atomic E-state index is 10.8. The lowest BCUT2D eigenvalue weighted by molar-refractivity contribution is 1.08. The van der Waals surface area contributed by atoms with Crippen LogP contribution >= 0.6 is 0 Å². The van der Waals surface area contributed by atoms with Gasteiger partial charge < -0.3 is 9.94 Å². The number of rotatable bonds is 0. The molecule has 0 saturated carbocycles. The molecule has 2 heteroatoms. The van der Waals surface area contributed by atoms with Gasteiger partial charge in [0.1, 0.15) is 0 Å². The molecule has 46 valence electrons. The largest absolute Gasteiger partial charge is 0.806 e. The normalized spacial score (nSPS) is 14.2. The first-order chi connectivity index (χ1) is 4.38. The summed E-state index contributed by atoms with van der Waals surface area (Å²) in [6.45, 7) is 0. The van der Waals surface area contributed by atoms with Crippen molar-refractivity contribution in [2.75, 3.05) is 0 Å². The van der Waals surface area contributed by atoms with Gasteiger partial charge in [0.2, 0.25) is 0 Å². The summed E-state index contributed by atoms with van der Waals surface area (Å²) in [4.78, 5) is 0. The van der Waals surface area contributed by atoms with E-state index in [0.29, 0.717) is 0 Å². The maximum atomic E-state index is 10.8. The Balaban J connectivity index is 2.67. The molecule has 0 spiro atoms. The highest BCUT2D eigenvalue weighted by Gasteiger charge is 2.04. The van der Waals surface area contributed by atoms with Crippen molar-refractivity contribution in [3.63, 3.8) is 0 Å². The van der Waals surface area contributed by atoms with Crippen LogP contribution in [0.1, 0.15) is 11.3 Å². The number of aromatic nitrogens is 1. The van der Waals surface area contributed by atoms with E-state index < -0.39 is 0 Å². The summed E-state index contributed by atoms with van der Waals surface area (Å²) < 4.78 is 0.902. The van der Waals surface area contributed by atoms with Gasteiger partial charge in [-0.25, -0.2) is 0 Å². The van der Waals surface area contributed by atoms with Crippen LogP contribution in [0.25, 0.3) is 6.08 Å². The van der Waals surface area contributed by atoms with Gasteiger partial charge in [-0.15, -0.1) is 0 Å². The number of fused-ring (bicyclic) bond motifs is 1. The van der Waals surface area contributed by atoms with Crippen LogP contribution in [0.4, 0.5) is 0 Å². The van der Waals surface area contributed by atoms with Crippen molar-refractivity contribution >= 4 is 6.08 Å². The molecule has 1 aliphatic carbocycles. The van der Waals surface area contributed by atoms with Crippen molar-refractivity contribution < 1.29 is 0 Å². The standard InChI is InChI=1S/C7H6NO/c9-8-5-4-6-2-1-3-7(6)8/h1,3-5H,2H2/q-1. The molecule has 0 radical (unpaired) electrons. The van der Waals surface area contributed by atoms with Crippen molar-refractivity contribution in [1.82, 2.24) is 4.73 Å². The number of hydrogen-bond donors (Lipinski definition) is 0. The van der Waals surface area contributed by atoms with E-state index in [1.807, 2.05) is 18.2 Å². The van der Waals surface area contributed by atoms with Gasteiger partial charge in [-0.1, -0.05) is 6.08 Å². The zero-order chi connectivity index (χ0) is 6.27. The van der Waals surface area contributed by atoms with Gasteiger partial charge in [-0.05, 0) is 30.3 Å². The quantitative estimate of drug-likeness (QED) is 0.508. The number of nitrogens with zero attached hydrogens (tertiary/aromatic N) is 1. The van der Waals surface area contributed by atoms with Crippen molar-refractivity contribution in [2.24, 2.45) is 0 Å². The van der Waals surface area contributed by atoms with Gasteiger partial charge in [0.25, 0.3) is 0 Å². The van der Waals surface area contributed by atoms with Gasteiger partial charge in [-0.2, -0.15) is 0 Å². The first-order valence-electron chi connectivity index (χ1n) is 2.92. The Morgan fingerprint density at radius 2 is 2.44 bits per heavy atom. The fourth-order valence-electron chi connectivity index (χ4n) is 1.12. The Hall–Kier alpha value is -1.18. The Bertz CT molecular complexity index is 260. The molecule has 0 unspecified atom stereocenters. The summed E-state index contributed by atoms with van der Waals surface area (Å²) in [5, 5.41) is 10.8. The van der Waals surface area contributed by atoms with E-state index in [1.54, 1.807) is 6.20 Å². The molecule has 0 saturated heterocycles. The first kappa shape index (κ1) is 4.68. The molecule has 1 aromatic rings. The number of hydrogen-bond acceptors (Lipinski definition) is 1. The fraction of sp³-hybridized carbons (Fsp3) is 0.143. The van der Waals surface area contributed by atoms with E-state index in [2.05, 4.69) is 0 Å². The van der Waals surface area contributed by atoms with Crippen molar-refractivity contribution in [2.45, 2.75) is 6.42 Å². The highest BCUT2D eigenvalue weighted by molar-refractivity contribution is 5.57. The van der Waals surface area contributed by atoms with Crippen LogP contribution in [0.2, 0.25) is 0 Å². The van der Waals surface area contributed by atoms with Gasteiger partial charge >= 0.3 is 0 Å². The van der Waals surface area contributed by atoms with E-state index >= 15 is 0 Å². The molecule has 9 heavy (non-hydrogen) atoms. The molecule has 2 nitrogen and oxygen atoms in total. The molecule has 1 aliphatic rings. The second-order valence-corrected chi connectivity index (χ2v) is 2.16. The van der Waals surface area contributed by atoms with Crippen LogP contribution in [0.5, 0.6) is 0 Å². The van der Waals surface area contributed by atoms with Crippen molar-refractivity contribution in [3.05, 3.63) is 34.8 Å². The Morgan fingerprint density at radius 1 is 1.56 bits per heavy atom. The monoisotopic (exact) mass is 120 g/mol. The topological polar surface area (TPSA) is 28.0 Å². The zero-order valence-electron chi connectivity index (χ0n) is 4.87. The molecule has 0 aromatic carbocycles. The highest BCUT2D eigenvalue weighted by Crippen LogP contribution is 2.18. The SMILES string of the molecule is [O-]n1ccc2c1C=CC2. The minimum atomic E-state index is 0.815. The average Bonchev–Trinajstić information content (AvgIpc) is 2.35. The van der Waals surface area contributed by atoms with Crippen LogP contribution in [-0.2, 0) is 6.42 Å². The lowest BCUT2D eigenvalue weighted by atomic mass is 10.3. The van der Waals surface area contributed by atoms with Crippen molar-refractivity contribution in [1.29, 1.82) is 0 Å². The second kappa shape index (κ2) is 1.41. The smallest absolute Gasteiger partial charge is 0.0392 e. The maximum Gasteiger partial charge on any atom is 0.0392 e. The second-order valence-electron chi connectivity index (χ2n) is 2.16. The predicted octanol–water partition coefficient (Wildman–Crippen LogP) is 1.40. The summed E-state index contributed by atoms with van der Waals surface area (Å²) in [6.07, 6.45) is 6.33. The van der Waals surface area contributed by atoms with Crippen LogP contribution in [-0.4, -0.2) is 4.73 Å². The molecule has 0 atom stereocenters. The van der Waals surface area contributed by atoms with E-state index in [4.69, 9.17) is 0 Å². The lowest BCUT2D eigenvalue weighted by Gasteiger charge is -2.07. The van der Waals surface area contributed by atoms with Gasteiger partial charge in [-0.3, -0.25) is 0 Å². The summed E-state index contributed by atoms with van der Waals surface area (Å²) >= 11 is 0. The van der Waals surface area contributed by atoms with Gasteiger partial charge in [0.15, 0.2) is 0 Å². The van der Waals surface area contributed by atoms with Gasteiger partial charge in [0.05, 0.1) is 0 Å². The van der Waals surface area contributed by atoms with Crippen LogP contribution in [0.15, 0.2) is 18.3 Å². The lowest BCUT2D eigenvalue weighted by Crippen LogP contribution is -1.84. The first-order valence-corrected chi connectivity index (χ1v) is 2.92. The Morgan fingerprint density at radius 3 is 3.22 bits per heavy atom. The minimum Gasteiger partial charge on any atom is -0.806 e. The molecule has 1 aromatic heterocycles. The van der Waals surface area contributed by atoms with E-state index in [9.17, 15) is 5.21 Å². The predicted molar refractivity (Wildman–Crippen MR) is 35.9 cm³/mol. The third kappa shape index (κ3) is 0.499. The molecule has 0 aliphatic heterocycles. The average molecular weight is 120 g/mol. The highest BCUT2D eigenvalue weighted by atomic mass is 16.5. The zero-order valence-corrected chi connectivity index (χ0v) is 4.87. The third-order valence-corrected chi connectivity index (χ3v) is 1.59. The summed E-state index contributed by atoms with van der Waals surface area (Å²) in [6, 6.07) is 1.86. The van der Waals surface area contributed by atoms with E-state index in [-0.39, 0.29) is 0 Å². The summed E-state index contributed by atoms with van der Waals surface area (Å²) in [5.74, 6) is 0. The molecule has 0 N–H and O–H groups in total. The Kier molecular flexibility index (Phi) is 0.730. The van der Waals surface area contributed by atoms with Gasteiger partial charge in [0, 0.05) is 5.69 Å². The third-order valence-electron chi connectivity index (χ3n) is 1.59. The molecule has 0 bridgehead atoms. The van der Waals surface area contributed by atoms with E-state index in [1.165, 1.54) is 0 Å².